The smallest absolute Gasteiger partial charge is 0.327 e. The second-order valence-electron chi connectivity index (χ2n) is 5.57. The Kier molecular flexibility index (Phi) is 3.49. The number of hydrogen-bond donors (Lipinski definition) is 1. The molecule has 0 bridgehead atoms. The molecule has 1 aliphatic rings. The van der Waals surface area contributed by atoms with Crippen LogP contribution in [0.15, 0.2) is 48.5 Å². The van der Waals surface area contributed by atoms with Gasteiger partial charge >= 0.3 is 6.18 Å². The van der Waals surface area contributed by atoms with Gasteiger partial charge in [0.2, 0.25) is 0 Å². The zero-order valence-electron chi connectivity index (χ0n) is 11.4. The normalized spacial score (nSPS) is 21.3. The molecule has 3 rings (SSSR count). The van der Waals surface area contributed by atoms with E-state index in [2.05, 4.69) is 12.1 Å². The quantitative estimate of drug-likeness (QED) is 0.892. The average molecular weight is 291 g/mol. The van der Waals surface area contributed by atoms with Crippen molar-refractivity contribution in [2.45, 2.75) is 31.0 Å². The molecule has 0 heterocycles. The van der Waals surface area contributed by atoms with Crippen molar-refractivity contribution in [1.29, 1.82) is 0 Å². The molecule has 0 spiro atoms. The predicted molar refractivity (Wildman–Crippen MR) is 76.0 cm³/mol. The molecule has 110 valence electrons. The van der Waals surface area contributed by atoms with Gasteiger partial charge in [0.15, 0.2) is 0 Å². The van der Waals surface area contributed by atoms with Gasteiger partial charge in [-0.3, -0.25) is 0 Å². The van der Waals surface area contributed by atoms with Gasteiger partial charge in [-0.05, 0) is 41.7 Å². The van der Waals surface area contributed by atoms with E-state index in [0.29, 0.717) is 6.42 Å². The number of nitrogens with two attached hydrogens (primary N) is 1. The van der Waals surface area contributed by atoms with Crippen LogP contribution in [0.3, 0.4) is 0 Å². The third-order valence-electron chi connectivity index (χ3n) is 4.16. The summed E-state index contributed by atoms with van der Waals surface area (Å²) in [5.74, 6) is 0.179. The fourth-order valence-corrected chi connectivity index (χ4v) is 3.05. The summed E-state index contributed by atoms with van der Waals surface area (Å²) in [5.41, 5.74) is 8.95. The van der Waals surface area contributed by atoms with E-state index in [9.17, 15) is 13.2 Å². The highest BCUT2D eigenvalue weighted by Crippen LogP contribution is 2.35. The molecule has 0 saturated heterocycles. The van der Waals surface area contributed by atoms with E-state index in [-0.39, 0.29) is 12.0 Å². The van der Waals surface area contributed by atoms with Crippen LogP contribution in [0.1, 0.15) is 28.2 Å². The largest absolute Gasteiger partial charge is 0.416 e. The van der Waals surface area contributed by atoms with E-state index in [0.717, 1.165) is 24.1 Å². The summed E-state index contributed by atoms with van der Waals surface area (Å²) < 4.78 is 37.7. The Bertz CT molecular complexity index is 631. The molecular formula is C17H16F3N. The number of rotatable bonds is 2. The number of fused-ring (bicyclic) bond motifs is 1. The minimum absolute atomic E-state index is 0.0321. The fraction of sp³-hybridized carbons (Fsp3) is 0.294. The van der Waals surface area contributed by atoms with Crippen LogP contribution in [0.5, 0.6) is 0 Å². The molecule has 0 aromatic heterocycles. The van der Waals surface area contributed by atoms with Gasteiger partial charge in [0.1, 0.15) is 0 Å². The maximum atomic E-state index is 12.6. The molecule has 4 heteroatoms. The van der Waals surface area contributed by atoms with Gasteiger partial charge in [-0.2, -0.15) is 13.2 Å². The Balaban J connectivity index is 1.81. The average Bonchev–Trinajstić information content (AvgIpc) is 2.75. The zero-order valence-corrected chi connectivity index (χ0v) is 11.4. The standard InChI is InChI=1S/C17H16F3N/c18-17(19,20)13-7-5-11(6-8-13)9-15-14-4-2-1-3-12(14)10-16(15)21/h1-8,15-16H,9-10,21H2/t15-,16+/m1/s1. The van der Waals surface area contributed by atoms with Gasteiger partial charge in [0.25, 0.3) is 0 Å². The van der Waals surface area contributed by atoms with Crippen molar-refractivity contribution < 1.29 is 13.2 Å². The van der Waals surface area contributed by atoms with E-state index < -0.39 is 11.7 Å². The van der Waals surface area contributed by atoms with Crippen molar-refractivity contribution in [3.05, 3.63) is 70.8 Å². The Morgan fingerprint density at radius 1 is 1.00 bits per heavy atom. The maximum absolute atomic E-state index is 12.6. The summed E-state index contributed by atoms with van der Waals surface area (Å²) in [4.78, 5) is 0. The van der Waals surface area contributed by atoms with Crippen LogP contribution in [0, 0.1) is 0 Å². The first kappa shape index (κ1) is 14.1. The Morgan fingerprint density at radius 2 is 1.67 bits per heavy atom. The fourth-order valence-electron chi connectivity index (χ4n) is 3.05. The number of hydrogen-bond acceptors (Lipinski definition) is 1. The van der Waals surface area contributed by atoms with E-state index in [1.807, 2.05) is 12.1 Å². The molecule has 1 nitrogen and oxygen atoms in total. The molecule has 0 amide bonds. The molecule has 1 aliphatic carbocycles. The lowest BCUT2D eigenvalue weighted by atomic mass is 9.91. The topological polar surface area (TPSA) is 26.0 Å². The first-order chi connectivity index (χ1) is 9.95. The second kappa shape index (κ2) is 5.19. The Hall–Kier alpha value is -1.81. The van der Waals surface area contributed by atoms with Crippen LogP contribution >= 0.6 is 0 Å². The van der Waals surface area contributed by atoms with Crippen molar-refractivity contribution in [1.82, 2.24) is 0 Å². The second-order valence-corrected chi connectivity index (χ2v) is 5.57. The minimum atomic E-state index is -4.28. The lowest BCUT2D eigenvalue weighted by Gasteiger charge is -2.17. The van der Waals surface area contributed by atoms with Crippen LogP contribution in [0.25, 0.3) is 0 Å². The lowest BCUT2D eigenvalue weighted by molar-refractivity contribution is -0.137. The first-order valence-corrected chi connectivity index (χ1v) is 6.94. The van der Waals surface area contributed by atoms with Crippen LogP contribution in [-0.4, -0.2) is 6.04 Å². The molecule has 2 atom stereocenters. The van der Waals surface area contributed by atoms with Crippen molar-refractivity contribution in [3.63, 3.8) is 0 Å². The van der Waals surface area contributed by atoms with Crippen molar-refractivity contribution >= 4 is 0 Å². The van der Waals surface area contributed by atoms with E-state index in [1.165, 1.54) is 11.1 Å². The van der Waals surface area contributed by atoms with E-state index in [1.54, 1.807) is 12.1 Å². The van der Waals surface area contributed by atoms with Gasteiger partial charge in [-0.1, -0.05) is 36.4 Å². The van der Waals surface area contributed by atoms with Gasteiger partial charge in [-0.15, -0.1) is 0 Å². The first-order valence-electron chi connectivity index (χ1n) is 6.94. The van der Waals surface area contributed by atoms with Crippen molar-refractivity contribution in [2.75, 3.05) is 0 Å². The summed E-state index contributed by atoms with van der Waals surface area (Å²) >= 11 is 0. The highest BCUT2D eigenvalue weighted by Gasteiger charge is 2.31. The molecule has 0 saturated carbocycles. The van der Waals surface area contributed by atoms with E-state index in [4.69, 9.17) is 5.73 Å². The van der Waals surface area contributed by atoms with Crippen LogP contribution in [0.2, 0.25) is 0 Å². The summed E-state index contributed by atoms with van der Waals surface area (Å²) in [6.45, 7) is 0. The number of benzene rings is 2. The third kappa shape index (κ3) is 2.81. The monoisotopic (exact) mass is 291 g/mol. The third-order valence-corrected chi connectivity index (χ3v) is 4.16. The van der Waals surface area contributed by atoms with Crippen LogP contribution < -0.4 is 5.73 Å². The molecule has 0 radical (unpaired) electrons. The van der Waals surface area contributed by atoms with Gasteiger partial charge in [0.05, 0.1) is 5.56 Å². The zero-order chi connectivity index (χ0) is 15.0. The molecule has 2 aromatic carbocycles. The van der Waals surface area contributed by atoms with Crippen molar-refractivity contribution in [2.24, 2.45) is 5.73 Å². The van der Waals surface area contributed by atoms with Gasteiger partial charge < -0.3 is 5.73 Å². The van der Waals surface area contributed by atoms with Crippen LogP contribution in [-0.2, 0) is 19.0 Å². The number of alkyl halides is 3. The highest BCUT2D eigenvalue weighted by molar-refractivity contribution is 5.39. The maximum Gasteiger partial charge on any atom is 0.416 e. The molecular weight excluding hydrogens is 275 g/mol. The van der Waals surface area contributed by atoms with E-state index >= 15 is 0 Å². The Morgan fingerprint density at radius 3 is 2.33 bits per heavy atom. The van der Waals surface area contributed by atoms with Crippen LogP contribution in [0.4, 0.5) is 13.2 Å². The molecule has 0 aliphatic heterocycles. The molecule has 0 unspecified atom stereocenters. The van der Waals surface area contributed by atoms with Gasteiger partial charge in [0, 0.05) is 12.0 Å². The highest BCUT2D eigenvalue weighted by atomic mass is 19.4. The summed E-state index contributed by atoms with van der Waals surface area (Å²) in [6, 6.07) is 13.5. The summed E-state index contributed by atoms with van der Waals surface area (Å²) in [7, 11) is 0. The Labute approximate surface area is 121 Å². The minimum Gasteiger partial charge on any atom is -0.327 e. The predicted octanol–water partition coefficient (Wildman–Crippen LogP) is 3.92. The molecule has 2 N–H and O–H groups in total. The van der Waals surface area contributed by atoms with Crippen molar-refractivity contribution in [3.8, 4) is 0 Å². The molecule has 0 fully saturated rings. The SMILES string of the molecule is N[C@H]1Cc2ccccc2[C@H]1Cc1ccc(C(F)(F)F)cc1. The summed E-state index contributed by atoms with van der Waals surface area (Å²) in [6.07, 6.45) is -2.77. The number of halogens is 3. The lowest BCUT2D eigenvalue weighted by Crippen LogP contribution is -2.26. The van der Waals surface area contributed by atoms with Gasteiger partial charge in [-0.25, -0.2) is 0 Å². The molecule has 21 heavy (non-hydrogen) atoms. The molecule has 2 aromatic rings. The summed E-state index contributed by atoms with van der Waals surface area (Å²) in [5, 5.41) is 0.